The molecule has 0 aromatic heterocycles. The van der Waals surface area contributed by atoms with Crippen molar-refractivity contribution in [2.24, 2.45) is 5.92 Å². The quantitative estimate of drug-likeness (QED) is 0.895. The van der Waals surface area contributed by atoms with Crippen molar-refractivity contribution in [2.75, 3.05) is 33.8 Å². The fraction of sp³-hybridized carbons (Fsp3) is 0.571. The highest BCUT2D eigenvalue weighted by molar-refractivity contribution is 7.89. The second-order valence-corrected chi connectivity index (χ2v) is 7.72. The van der Waals surface area contributed by atoms with Crippen LogP contribution in [0.2, 0.25) is 5.02 Å². The van der Waals surface area contributed by atoms with Gasteiger partial charge in [-0.05, 0) is 44.0 Å². The Morgan fingerprint density at radius 1 is 1.38 bits per heavy atom. The summed E-state index contributed by atoms with van der Waals surface area (Å²) in [6.07, 6.45) is 2.00. The first-order valence-electron chi connectivity index (χ1n) is 6.95. The minimum absolute atomic E-state index is 0.158. The van der Waals surface area contributed by atoms with Crippen molar-refractivity contribution in [1.29, 1.82) is 0 Å². The standard InChI is InChI=1S/C14H21ClN2O3S/c1-17(10-11-5-7-16-8-6-11)21(18,19)14-4-3-12(15)9-13(14)20-2/h3-4,9,11,16H,5-8,10H2,1-2H3. The summed E-state index contributed by atoms with van der Waals surface area (Å²) in [5.41, 5.74) is 0. The zero-order valence-electron chi connectivity index (χ0n) is 12.3. The Balaban J connectivity index is 2.20. The van der Waals surface area contributed by atoms with Crippen molar-refractivity contribution in [3.05, 3.63) is 23.2 Å². The average Bonchev–Trinajstić information content (AvgIpc) is 2.47. The third-order valence-corrected chi connectivity index (χ3v) is 5.89. The zero-order valence-corrected chi connectivity index (χ0v) is 13.9. The van der Waals surface area contributed by atoms with Gasteiger partial charge in [-0.3, -0.25) is 0 Å². The summed E-state index contributed by atoms with van der Waals surface area (Å²) in [4.78, 5) is 0.158. The summed E-state index contributed by atoms with van der Waals surface area (Å²) in [6.45, 7) is 2.42. The van der Waals surface area contributed by atoms with Gasteiger partial charge in [0.2, 0.25) is 10.0 Å². The van der Waals surface area contributed by atoms with Gasteiger partial charge in [0.15, 0.2) is 0 Å². The van der Waals surface area contributed by atoms with Gasteiger partial charge >= 0.3 is 0 Å². The third kappa shape index (κ3) is 3.88. The molecule has 0 aliphatic carbocycles. The van der Waals surface area contributed by atoms with E-state index in [1.54, 1.807) is 13.1 Å². The Hall–Kier alpha value is -0.820. The van der Waals surface area contributed by atoms with Crippen LogP contribution in [0.1, 0.15) is 12.8 Å². The monoisotopic (exact) mass is 332 g/mol. The molecular formula is C14H21ClN2O3S. The topological polar surface area (TPSA) is 58.6 Å². The minimum Gasteiger partial charge on any atom is -0.495 e. The lowest BCUT2D eigenvalue weighted by atomic mass is 9.98. The number of halogens is 1. The number of sulfonamides is 1. The summed E-state index contributed by atoms with van der Waals surface area (Å²) < 4.78 is 31.9. The Labute approximate surface area is 131 Å². The van der Waals surface area contributed by atoms with Crippen LogP contribution in [-0.2, 0) is 10.0 Å². The fourth-order valence-corrected chi connectivity index (χ4v) is 4.09. The SMILES string of the molecule is COc1cc(Cl)ccc1S(=O)(=O)N(C)CC1CCNCC1. The van der Waals surface area contributed by atoms with Gasteiger partial charge in [0, 0.05) is 24.7 Å². The van der Waals surface area contributed by atoms with E-state index in [2.05, 4.69) is 5.32 Å². The minimum atomic E-state index is -3.57. The molecule has 0 radical (unpaired) electrons. The molecule has 5 nitrogen and oxygen atoms in total. The van der Waals surface area contributed by atoms with Gasteiger partial charge in [-0.1, -0.05) is 11.6 Å². The Kier molecular flexibility index (Phi) is 5.48. The number of hydrogen-bond donors (Lipinski definition) is 1. The number of nitrogens with zero attached hydrogens (tertiary/aromatic N) is 1. The number of benzene rings is 1. The van der Waals surface area contributed by atoms with Crippen LogP contribution in [0.25, 0.3) is 0 Å². The highest BCUT2D eigenvalue weighted by atomic mass is 35.5. The first kappa shape index (κ1) is 16.5. The third-order valence-electron chi connectivity index (χ3n) is 3.79. The predicted octanol–water partition coefficient (Wildman–Crippen LogP) is 1.97. The Bertz CT molecular complexity index is 586. The second kappa shape index (κ2) is 6.96. The number of methoxy groups -OCH3 is 1. The van der Waals surface area contributed by atoms with Gasteiger partial charge in [-0.2, -0.15) is 0 Å². The van der Waals surface area contributed by atoms with E-state index < -0.39 is 10.0 Å². The molecule has 118 valence electrons. The Morgan fingerprint density at radius 3 is 2.67 bits per heavy atom. The summed E-state index contributed by atoms with van der Waals surface area (Å²) in [6, 6.07) is 4.58. The van der Waals surface area contributed by atoms with Crippen molar-refractivity contribution < 1.29 is 13.2 Å². The van der Waals surface area contributed by atoms with Crippen LogP contribution in [0, 0.1) is 5.92 Å². The van der Waals surface area contributed by atoms with Gasteiger partial charge < -0.3 is 10.1 Å². The average molecular weight is 333 g/mol. The van der Waals surface area contributed by atoms with E-state index in [9.17, 15) is 8.42 Å². The molecular weight excluding hydrogens is 312 g/mol. The van der Waals surface area contributed by atoms with Crippen LogP contribution in [0.3, 0.4) is 0 Å². The molecule has 0 unspecified atom stereocenters. The molecule has 1 aliphatic rings. The normalized spacial score (nSPS) is 17.1. The van der Waals surface area contributed by atoms with Crippen molar-refractivity contribution >= 4 is 21.6 Å². The van der Waals surface area contributed by atoms with Crippen LogP contribution in [-0.4, -0.2) is 46.5 Å². The molecule has 1 N–H and O–H groups in total. The molecule has 1 heterocycles. The van der Waals surface area contributed by atoms with E-state index in [4.69, 9.17) is 16.3 Å². The van der Waals surface area contributed by atoms with Crippen LogP contribution < -0.4 is 10.1 Å². The summed E-state index contributed by atoms with van der Waals surface area (Å²) in [5.74, 6) is 0.670. The lowest BCUT2D eigenvalue weighted by molar-refractivity contribution is 0.310. The molecule has 0 amide bonds. The molecule has 0 saturated carbocycles. The van der Waals surface area contributed by atoms with E-state index in [0.717, 1.165) is 25.9 Å². The molecule has 0 bridgehead atoms. The van der Waals surface area contributed by atoms with Crippen LogP contribution in [0.15, 0.2) is 23.1 Å². The van der Waals surface area contributed by atoms with Crippen LogP contribution >= 0.6 is 11.6 Å². The molecule has 21 heavy (non-hydrogen) atoms. The molecule has 1 aromatic carbocycles. The van der Waals surface area contributed by atoms with Gasteiger partial charge in [0.05, 0.1) is 7.11 Å². The van der Waals surface area contributed by atoms with Crippen molar-refractivity contribution in [3.63, 3.8) is 0 Å². The summed E-state index contributed by atoms with van der Waals surface area (Å²) in [7, 11) is -0.510. The van der Waals surface area contributed by atoms with Gasteiger partial charge in [0.1, 0.15) is 10.6 Å². The predicted molar refractivity (Wildman–Crippen MR) is 83.4 cm³/mol. The van der Waals surface area contributed by atoms with Crippen molar-refractivity contribution in [1.82, 2.24) is 9.62 Å². The van der Waals surface area contributed by atoms with Crippen LogP contribution in [0.4, 0.5) is 0 Å². The van der Waals surface area contributed by atoms with Gasteiger partial charge in [0.25, 0.3) is 0 Å². The molecule has 0 spiro atoms. The van der Waals surface area contributed by atoms with E-state index in [0.29, 0.717) is 17.5 Å². The molecule has 2 rings (SSSR count). The van der Waals surface area contributed by atoms with Crippen LogP contribution in [0.5, 0.6) is 5.75 Å². The molecule has 1 fully saturated rings. The molecule has 0 atom stereocenters. The maximum Gasteiger partial charge on any atom is 0.246 e. The lowest BCUT2D eigenvalue weighted by Crippen LogP contribution is -2.37. The van der Waals surface area contributed by atoms with Gasteiger partial charge in [-0.25, -0.2) is 12.7 Å². The van der Waals surface area contributed by atoms with Crippen molar-refractivity contribution in [2.45, 2.75) is 17.7 Å². The molecule has 1 aliphatic heterocycles. The number of hydrogen-bond acceptors (Lipinski definition) is 4. The lowest BCUT2D eigenvalue weighted by Gasteiger charge is -2.27. The van der Waals surface area contributed by atoms with E-state index >= 15 is 0 Å². The smallest absolute Gasteiger partial charge is 0.246 e. The summed E-state index contributed by atoms with van der Waals surface area (Å²) in [5, 5.41) is 3.73. The van der Waals surface area contributed by atoms with E-state index in [1.807, 2.05) is 0 Å². The first-order valence-corrected chi connectivity index (χ1v) is 8.77. The number of nitrogens with one attached hydrogen (secondary N) is 1. The Morgan fingerprint density at radius 2 is 2.05 bits per heavy atom. The first-order chi connectivity index (χ1) is 9.95. The largest absolute Gasteiger partial charge is 0.495 e. The zero-order chi connectivity index (χ0) is 15.5. The number of rotatable bonds is 5. The highest BCUT2D eigenvalue weighted by Gasteiger charge is 2.27. The molecule has 7 heteroatoms. The van der Waals surface area contributed by atoms with Crippen molar-refractivity contribution in [3.8, 4) is 5.75 Å². The van der Waals surface area contributed by atoms with E-state index in [-0.39, 0.29) is 10.6 Å². The fourth-order valence-electron chi connectivity index (χ4n) is 2.55. The van der Waals surface area contributed by atoms with E-state index in [1.165, 1.54) is 23.5 Å². The maximum atomic E-state index is 12.7. The number of piperidine rings is 1. The second-order valence-electron chi connectivity index (χ2n) is 5.27. The van der Waals surface area contributed by atoms with Gasteiger partial charge in [-0.15, -0.1) is 0 Å². The number of ether oxygens (including phenoxy) is 1. The molecule has 1 aromatic rings. The highest BCUT2D eigenvalue weighted by Crippen LogP contribution is 2.29. The maximum absolute atomic E-state index is 12.7. The summed E-state index contributed by atoms with van der Waals surface area (Å²) >= 11 is 5.89. The molecule has 1 saturated heterocycles.